The van der Waals surface area contributed by atoms with Gasteiger partial charge in [0.1, 0.15) is 5.75 Å². The van der Waals surface area contributed by atoms with Crippen molar-refractivity contribution in [3.8, 4) is 5.75 Å². The average molecular weight is 346 g/mol. The molecule has 0 aliphatic carbocycles. The van der Waals surface area contributed by atoms with Gasteiger partial charge in [-0.25, -0.2) is 0 Å². The molecule has 24 heavy (non-hydrogen) atoms. The zero-order valence-corrected chi connectivity index (χ0v) is 13.7. The fourth-order valence-electron chi connectivity index (χ4n) is 2.84. The van der Waals surface area contributed by atoms with Crippen LogP contribution in [0, 0.1) is 5.92 Å². The maximum Gasteiger partial charge on any atom is 0.422 e. The number of nitrogens with one attached hydrogen (secondary N) is 1. The maximum absolute atomic E-state index is 12.1. The van der Waals surface area contributed by atoms with Crippen LogP contribution in [0.1, 0.15) is 18.4 Å². The second-order valence-corrected chi connectivity index (χ2v) is 6.19. The smallest absolute Gasteiger partial charge is 0.422 e. The Hall–Kier alpha value is -1.31. The Morgan fingerprint density at radius 3 is 2.42 bits per heavy atom. The predicted octanol–water partition coefficient (Wildman–Crippen LogP) is 2.42. The van der Waals surface area contributed by atoms with E-state index in [4.69, 9.17) is 5.11 Å². The Morgan fingerprint density at radius 1 is 1.17 bits per heavy atom. The van der Waals surface area contributed by atoms with E-state index in [1.807, 2.05) is 0 Å². The van der Waals surface area contributed by atoms with Gasteiger partial charge in [-0.1, -0.05) is 12.1 Å². The molecule has 1 aromatic rings. The van der Waals surface area contributed by atoms with Gasteiger partial charge in [-0.15, -0.1) is 0 Å². The molecule has 0 saturated carbocycles. The molecule has 0 unspecified atom stereocenters. The minimum atomic E-state index is -4.31. The number of likely N-dealkylation sites (tertiary alicyclic amines) is 1. The summed E-state index contributed by atoms with van der Waals surface area (Å²) in [5, 5.41) is 12.3. The number of rotatable bonds is 8. The summed E-state index contributed by atoms with van der Waals surface area (Å²) in [4.78, 5) is 2.27. The SMILES string of the molecule is OCCN1CCC(CNCc2ccc(OCC(F)(F)F)cc2)CC1. The minimum absolute atomic E-state index is 0.214. The lowest BCUT2D eigenvalue weighted by molar-refractivity contribution is -0.153. The van der Waals surface area contributed by atoms with Gasteiger partial charge in [0, 0.05) is 13.1 Å². The molecule has 0 atom stereocenters. The summed E-state index contributed by atoms with van der Waals surface area (Å²) in [7, 11) is 0. The highest BCUT2D eigenvalue weighted by atomic mass is 19.4. The number of piperidine rings is 1. The second-order valence-electron chi connectivity index (χ2n) is 6.19. The maximum atomic E-state index is 12.1. The van der Waals surface area contributed by atoms with E-state index in [2.05, 4.69) is 15.0 Å². The van der Waals surface area contributed by atoms with Crippen molar-refractivity contribution >= 4 is 0 Å². The van der Waals surface area contributed by atoms with Crippen LogP contribution in [0.2, 0.25) is 0 Å². The topological polar surface area (TPSA) is 44.7 Å². The first-order chi connectivity index (χ1) is 11.5. The van der Waals surface area contributed by atoms with Crippen molar-refractivity contribution in [1.82, 2.24) is 10.2 Å². The molecule has 4 nitrogen and oxygen atoms in total. The Labute approximate surface area is 140 Å². The highest BCUT2D eigenvalue weighted by Crippen LogP contribution is 2.19. The average Bonchev–Trinajstić information content (AvgIpc) is 2.55. The van der Waals surface area contributed by atoms with Crippen molar-refractivity contribution in [2.75, 3.05) is 39.4 Å². The third-order valence-corrected chi connectivity index (χ3v) is 4.21. The van der Waals surface area contributed by atoms with Crippen molar-refractivity contribution in [2.45, 2.75) is 25.6 Å². The van der Waals surface area contributed by atoms with Gasteiger partial charge in [0.15, 0.2) is 6.61 Å². The molecule has 1 aliphatic rings. The summed E-state index contributed by atoms with van der Waals surface area (Å²) in [5.74, 6) is 0.863. The monoisotopic (exact) mass is 346 g/mol. The van der Waals surface area contributed by atoms with Crippen molar-refractivity contribution in [1.29, 1.82) is 0 Å². The Kier molecular flexibility index (Phi) is 7.33. The van der Waals surface area contributed by atoms with Crippen molar-refractivity contribution in [3.05, 3.63) is 29.8 Å². The van der Waals surface area contributed by atoms with E-state index < -0.39 is 12.8 Å². The Bertz CT molecular complexity index is 472. The molecule has 0 spiro atoms. The molecular weight excluding hydrogens is 321 g/mol. The van der Waals surface area contributed by atoms with Gasteiger partial charge in [-0.2, -0.15) is 13.2 Å². The number of alkyl halides is 3. The number of ether oxygens (including phenoxy) is 1. The third-order valence-electron chi connectivity index (χ3n) is 4.21. The molecule has 0 bridgehead atoms. The second kappa shape index (κ2) is 9.25. The summed E-state index contributed by atoms with van der Waals surface area (Å²) in [6.07, 6.45) is -2.07. The summed E-state index contributed by atoms with van der Waals surface area (Å²) >= 11 is 0. The van der Waals surface area contributed by atoms with Gasteiger partial charge in [-0.05, 0) is 56.1 Å². The predicted molar refractivity (Wildman–Crippen MR) is 85.9 cm³/mol. The lowest BCUT2D eigenvalue weighted by atomic mass is 9.97. The number of nitrogens with zero attached hydrogens (tertiary/aromatic N) is 1. The largest absolute Gasteiger partial charge is 0.484 e. The van der Waals surface area contributed by atoms with Crippen molar-refractivity contribution < 1.29 is 23.0 Å². The zero-order valence-electron chi connectivity index (χ0n) is 13.7. The molecule has 0 aromatic heterocycles. The molecule has 136 valence electrons. The van der Waals surface area contributed by atoms with Crippen molar-refractivity contribution in [2.24, 2.45) is 5.92 Å². The van der Waals surface area contributed by atoms with Crippen LogP contribution in [0.5, 0.6) is 5.75 Å². The Morgan fingerprint density at radius 2 is 1.83 bits per heavy atom. The number of aliphatic hydroxyl groups excluding tert-OH is 1. The summed E-state index contributed by atoms with van der Waals surface area (Å²) in [6.45, 7) is 3.38. The molecule has 0 amide bonds. The first-order valence-electron chi connectivity index (χ1n) is 8.28. The first kappa shape index (κ1) is 19.0. The number of hydrogen-bond acceptors (Lipinski definition) is 4. The zero-order chi connectivity index (χ0) is 17.4. The van der Waals surface area contributed by atoms with Crippen LogP contribution in [0.4, 0.5) is 13.2 Å². The van der Waals surface area contributed by atoms with E-state index in [1.54, 1.807) is 24.3 Å². The molecular formula is C17H25F3N2O2. The van der Waals surface area contributed by atoms with Gasteiger partial charge < -0.3 is 20.1 Å². The van der Waals surface area contributed by atoms with E-state index in [0.717, 1.165) is 44.6 Å². The first-order valence-corrected chi connectivity index (χ1v) is 8.28. The number of β-amino-alcohol motifs (C(OH)–C–C–N with tert-alkyl or cyclic N) is 1. The van der Waals surface area contributed by atoms with Crippen LogP contribution in [0.3, 0.4) is 0 Å². The van der Waals surface area contributed by atoms with Crippen LogP contribution in [0.15, 0.2) is 24.3 Å². The lowest BCUT2D eigenvalue weighted by Crippen LogP contribution is -2.38. The molecule has 1 aromatic carbocycles. The fraction of sp³-hybridized carbons (Fsp3) is 0.647. The number of hydrogen-bond donors (Lipinski definition) is 2. The normalized spacial score (nSPS) is 17.2. The summed E-state index contributed by atoms with van der Waals surface area (Å²) in [5.41, 5.74) is 1.02. The molecule has 2 rings (SSSR count). The molecule has 1 aliphatic heterocycles. The van der Waals surface area contributed by atoms with Crippen LogP contribution >= 0.6 is 0 Å². The highest BCUT2D eigenvalue weighted by Gasteiger charge is 2.28. The highest BCUT2D eigenvalue weighted by molar-refractivity contribution is 5.27. The molecule has 2 N–H and O–H groups in total. The summed E-state index contributed by atoms with van der Waals surface area (Å²) < 4.78 is 40.9. The number of aliphatic hydroxyl groups is 1. The van der Waals surface area contributed by atoms with E-state index in [-0.39, 0.29) is 12.4 Å². The standard InChI is InChI=1S/C17H25F3N2O2/c18-17(19,20)13-24-16-3-1-14(2-4-16)11-21-12-15-5-7-22(8-6-15)9-10-23/h1-4,15,21,23H,5-13H2. The van der Waals surface area contributed by atoms with E-state index in [0.29, 0.717) is 12.5 Å². The van der Waals surface area contributed by atoms with E-state index in [9.17, 15) is 13.2 Å². The van der Waals surface area contributed by atoms with Crippen LogP contribution in [0.25, 0.3) is 0 Å². The molecule has 0 radical (unpaired) electrons. The van der Waals surface area contributed by atoms with Gasteiger partial charge in [-0.3, -0.25) is 0 Å². The molecule has 7 heteroatoms. The van der Waals surface area contributed by atoms with Crippen LogP contribution in [-0.2, 0) is 6.54 Å². The van der Waals surface area contributed by atoms with E-state index in [1.165, 1.54) is 0 Å². The van der Waals surface area contributed by atoms with E-state index >= 15 is 0 Å². The van der Waals surface area contributed by atoms with Gasteiger partial charge in [0.2, 0.25) is 0 Å². The van der Waals surface area contributed by atoms with Crippen LogP contribution in [-0.4, -0.2) is 55.6 Å². The Balaban J connectivity index is 1.64. The molecule has 1 heterocycles. The molecule has 1 saturated heterocycles. The number of benzene rings is 1. The molecule has 1 fully saturated rings. The summed E-state index contributed by atoms with van der Waals surface area (Å²) in [6, 6.07) is 6.69. The van der Waals surface area contributed by atoms with Crippen LogP contribution < -0.4 is 10.1 Å². The van der Waals surface area contributed by atoms with Gasteiger partial charge in [0.25, 0.3) is 0 Å². The fourth-order valence-corrected chi connectivity index (χ4v) is 2.84. The van der Waals surface area contributed by atoms with Gasteiger partial charge >= 0.3 is 6.18 Å². The van der Waals surface area contributed by atoms with Gasteiger partial charge in [0.05, 0.1) is 6.61 Å². The number of halogens is 3. The quantitative estimate of drug-likeness (QED) is 0.759. The minimum Gasteiger partial charge on any atom is -0.484 e. The lowest BCUT2D eigenvalue weighted by Gasteiger charge is -2.31. The van der Waals surface area contributed by atoms with Crippen molar-refractivity contribution in [3.63, 3.8) is 0 Å². The third kappa shape index (κ3) is 7.07.